The molecule has 0 aliphatic heterocycles. The first-order chi connectivity index (χ1) is 8.86. The van der Waals surface area contributed by atoms with Crippen LogP contribution in [0.5, 0.6) is 0 Å². The van der Waals surface area contributed by atoms with E-state index < -0.39 is 0 Å². The zero-order chi connectivity index (χ0) is 12.4. The summed E-state index contributed by atoms with van der Waals surface area (Å²) in [7, 11) is 0. The van der Waals surface area contributed by atoms with Crippen molar-refractivity contribution in [2.45, 2.75) is 26.4 Å². The fourth-order valence-electron chi connectivity index (χ4n) is 1.94. The monoisotopic (exact) mass is 242 g/mol. The largest absolute Gasteiger partial charge is 0.252 e. The van der Waals surface area contributed by atoms with Crippen molar-refractivity contribution in [2.24, 2.45) is 0 Å². The third-order valence-electron chi connectivity index (χ3n) is 2.77. The van der Waals surface area contributed by atoms with Gasteiger partial charge in [0.1, 0.15) is 11.2 Å². The Bertz CT molecular complexity index is 653. The fourth-order valence-corrected chi connectivity index (χ4v) is 1.94. The zero-order valence-corrected chi connectivity index (χ0v) is 10.2. The minimum Gasteiger partial charge on any atom is -0.252 e. The van der Waals surface area contributed by atoms with Crippen LogP contribution in [0.1, 0.15) is 19.0 Å². The minimum absolute atomic E-state index is 0.601. The molecule has 1 aromatic carbocycles. The van der Waals surface area contributed by atoms with Gasteiger partial charge in [0.05, 0.1) is 18.3 Å². The van der Waals surface area contributed by atoms with E-state index in [0.29, 0.717) is 6.54 Å². The average Bonchev–Trinajstić information content (AvgIpc) is 2.99. The SMILES string of the molecule is CCCn1cc(Cn2nnc3ccccc32)nn1. The van der Waals surface area contributed by atoms with E-state index in [2.05, 4.69) is 27.5 Å². The maximum absolute atomic E-state index is 4.14. The number of hydrogen-bond donors (Lipinski definition) is 0. The van der Waals surface area contributed by atoms with Gasteiger partial charge >= 0.3 is 0 Å². The molecule has 0 atom stereocenters. The van der Waals surface area contributed by atoms with E-state index in [0.717, 1.165) is 29.7 Å². The van der Waals surface area contributed by atoms with E-state index in [1.54, 1.807) is 0 Å². The molecule has 0 unspecified atom stereocenters. The number of nitrogens with zero attached hydrogens (tertiary/aromatic N) is 6. The maximum Gasteiger partial charge on any atom is 0.113 e. The Kier molecular flexibility index (Phi) is 2.76. The van der Waals surface area contributed by atoms with Crippen molar-refractivity contribution < 1.29 is 0 Å². The highest BCUT2D eigenvalue weighted by Gasteiger charge is 2.06. The Hall–Kier alpha value is -2.24. The molecule has 18 heavy (non-hydrogen) atoms. The van der Waals surface area contributed by atoms with Crippen molar-refractivity contribution in [2.75, 3.05) is 0 Å². The highest BCUT2D eigenvalue weighted by atomic mass is 15.5. The Morgan fingerprint density at radius 2 is 2.00 bits per heavy atom. The van der Waals surface area contributed by atoms with E-state index >= 15 is 0 Å². The number of rotatable bonds is 4. The molecule has 3 aromatic rings. The van der Waals surface area contributed by atoms with E-state index in [4.69, 9.17) is 0 Å². The summed E-state index contributed by atoms with van der Waals surface area (Å²) < 4.78 is 3.70. The smallest absolute Gasteiger partial charge is 0.113 e. The van der Waals surface area contributed by atoms with Gasteiger partial charge in [-0.15, -0.1) is 10.2 Å². The molecule has 2 heterocycles. The van der Waals surface area contributed by atoms with Crippen molar-refractivity contribution in [1.82, 2.24) is 30.0 Å². The summed E-state index contributed by atoms with van der Waals surface area (Å²) in [5, 5.41) is 16.5. The van der Waals surface area contributed by atoms with Gasteiger partial charge in [-0.05, 0) is 18.6 Å². The van der Waals surface area contributed by atoms with Gasteiger partial charge in [0, 0.05) is 6.54 Å². The second-order valence-electron chi connectivity index (χ2n) is 4.21. The number of aromatic nitrogens is 6. The highest BCUT2D eigenvalue weighted by Crippen LogP contribution is 2.10. The van der Waals surface area contributed by atoms with Gasteiger partial charge in [0.25, 0.3) is 0 Å². The molecular weight excluding hydrogens is 228 g/mol. The molecule has 0 spiro atoms. The van der Waals surface area contributed by atoms with Gasteiger partial charge in [0.2, 0.25) is 0 Å². The molecule has 0 saturated carbocycles. The van der Waals surface area contributed by atoms with E-state index in [9.17, 15) is 0 Å². The van der Waals surface area contributed by atoms with Crippen molar-refractivity contribution in [1.29, 1.82) is 0 Å². The topological polar surface area (TPSA) is 61.4 Å². The molecule has 0 aliphatic carbocycles. The van der Waals surface area contributed by atoms with E-state index in [1.807, 2.05) is 39.8 Å². The molecule has 0 amide bonds. The standard InChI is InChI=1S/C12H14N6/c1-2-7-17-8-10(13-15-17)9-18-12-6-4-3-5-11(12)14-16-18/h3-6,8H,2,7,9H2,1H3. The van der Waals surface area contributed by atoms with Crippen LogP contribution < -0.4 is 0 Å². The van der Waals surface area contributed by atoms with E-state index in [1.165, 1.54) is 0 Å². The molecule has 2 aromatic heterocycles. The Morgan fingerprint density at radius 1 is 1.11 bits per heavy atom. The quantitative estimate of drug-likeness (QED) is 0.695. The van der Waals surface area contributed by atoms with Gasteiger partial charge < -0.3 is 0 Å². The summed E-state index contributed by atoms with van der Waals surface area (Å²) in [5.74, 6) is 0. The molecule has 0 N–H and O–H groups in total. The van der Waals surface area contributed by atoms with Gasteiger partial charge in [-0.1, -0.05) is 29.5 Å². The van der Waals surface area contributed by atoms with Gasteiger partial charge in [-0.25, -0.2) is 4.68 Å². The first-order valence-corrected chi connectivity index (χ1v) is 6.04. The van der Waals surface area contributed by atoms with E-state index in [-0.39, 0.29) is 0 Å². The van der Waals surface area contributed by atoms with Crippen molar-refractivity contribution >= 4 is 11.0 Å². The highest BCUT2D eigenvalue weighted by molar-refractivity contribution is 5.73. The molecule has 0 radical (unpaired) electrons. The summed E-state index contributed by atoms with van der Waals surface area (Å²) >= 11 is 0. The Morgan fingerprint density at radius 3 is 2.89 bits per heavy atom. The number of hydrogen-bond acceptors (Lipinski definition) is 4. The normalized spacial score (nSPS) is 11.2. The number of para-hydroxylation sites is 1. The summed E-state index contributed by atoms with van der Waals surface area (Å²) in [6.45, 7) is 3.61. The molecule has 3 rings (SSSR count). The fraction of sp³-hybridized carbons (Fsp3) is 0.333. The molecular formula is C12H14N6. The second kappa shape index (κ2) is 4.56. The maximum atomic E-state index is 4.14. The number of aryl methyl sites for hydroxylation is 1. The van der Waals surface area contributed by atoms with Crippen LogP contribution in [0.25, 0.3) is 11.0 Å². The first kappa shape index (κ1) is 10.9. The Balaban J connectivity index is 1.87. The van der Waals surface area contributed by atoms with Gasteiger partial charge in [-0.2, -0.15) is 0 Å². The predicted octanol–water partition coefficient (Wildman–Crippen LogP) is 1.48. The lowest BCUT2D eigenvalue weighted by Gasteiger charge is -1.97. The van der Waals surface area contributed by atoms with Crippen LogP contribution in [-0.4, -0.2) is 30.0 Å². The summed E-state index contributed by atoms with van der Waals surface area (Å²) in [4.78, 5) is 0. The van der Waals surface area contributed by atoms with Crippen LogP contribution >= 0.6 is 0 Å². The minimum atomic E-state index is 0.601. The summed E-state index contributed by atoms with van der Waals surface area (Å²) in [6.07, 6.45) is 3.01. The van der Waals surface area contributed by atoms with Gasteiger partial charge in [0.15, 0.2) is 0 Å². The molecule has 6 heteroatoms. The van der Waals surface area contributed by atoms with Crippen LogP contribution in [0.3, 0.4) is 0 Å². The van der Waals surface area contributed by atoms with Crippen LogP contribution in [0.2, 0.25) is 0 Å². The lowest BCUT2D eigenvalue weighted by Crippen LogP contribution is -2.02. The number of benzene rings is 1. The third kappa shape index (κ3) is 1.97. The van der Waals surface area contributed by atoms with Crippen molar-refractivity contribution in [3.63, 3.8) is 0 Å². The zero-order valence-electron chi connectivity index (χ0n) is 10.2. The van der Waals surface area contributed by atoms with Gasteiger partial charge in [-0.3, -0.25) is 4.68 Å². The predicted molar refractivity (Wildman–Crippen MR) is 66.9 cm³/mol. The lowest BCUT2D eigenvalue weighted by molar-refractivity contribution is 0.578. The van der Waals surface area contributed by atoms with Crippen LogP contribution in [0.4, 0.5) is 0 Å². The third-order valence-corrected chi connectivity index (χ3v) is 2.77. The average molecular weight is 242 g/mol. The molecule has 0 saturated heterocycles. The molecule has 0 bridgehead atoms. The summed E-state index contributed by atoms with van der Waals surface area (Å²) in [6, 6.07) is 7.90. The molecule has 0 fully saturated rings. The van der Waals surface area contributed by atoms with Crippen LogP contribution in [-0.2, 0) is 13.1 Å². The Labute approximate surface area is 104 Å². The lowest BCUT2D eigenvalue weighted by atomic mass is 10.3. The van der Waals surface area contributed by atoms with Crippen molar-refractivity contribution in [3.8, 4) is 0 Å². The molecule has 6 nitrogen and oxygen atoms in total. The first-order valence-electron chi connectivity index (χ1n) is 6.04. The van der Waals surface area contributed by atoms with Crippen molar-refractivity contribution in [3.05, 3.63) is 36.2 Å². The summed E-state index contributed by atoms with van der Waals surface area (Å²) in [5.41, 5.74) is 2.82. The van der Waals surface area contributed by atoms with Crippen LogP contribution in [0, 0.1) is 0 Å². The molecule has 92 valence electrons. The van der Waals surface area contributed by atoms with Crippen LogP contribution in [0.15, 0.2) is 30.5 Å². The number of fused-ring (bicyclic) bond motifs is 1. The second-order valence-corrected chi connectivity index (χ2v) is 4.21. The molecule has 0 aliphatic rings.